The number of aromatic nitrogens is 5. The van der Waals surface area contributed by atoms with Crippen LogP contribution in [0.1, 0.15) is 25.5 Å². The van der Waals surface area contributed by atoms with E-state index in [-0.39, 0.29) is 24.8 Å². The van der Waals surface area contributed by atoms with Crippen molar-refractivity contribution < 1.29 is 14.3 Å². The van der Waals surface area contributed by atoms with Crippen LogP contribution in [0.3, 0.4) is 0 Å². The van der Waals surface area contributed by atoms with Crippen molar-refractivity contribution in [1.82, 2.24) is 30.0 Å². The SMILES string of the molecule is CCOc1nnc2cc1Nc1cc(NC)c3ncn(c3n1)C(=O)N[C@@H]1CC[C@H]1OC2. The monoisotopic (exact) mass is 410 g/mol. The Kier molecular flexibility index (Phi) is 4.58. The molecule has 1 saturated carbocycles. The number of rotatable bonds is 3. The van der Waals surface area contributed by atoms with Crippen molar-refractivity contribution >= 4 is 34.4 Å². The van der Waals surface area contributed by atoms with Crippen LogP contribution in [0.15, 0.2) is 18.5 Å². The highest BCUT2D eigenvalue weighted by molar-refractivity contribution is 5.94. The van der Waals surface area contributed by atoms with Gasteiger partial charge in [0.15, 0.2) is 5.65 Å². The summed E-state index contributed by atoms with van der Waals surface area (Å²) in [6, 6.07) is 3.31. The molecular formula is C19H22N8O3. The average Bonchev–Trinajstić information content (AvgIpc) is 3.16. The van der Waals surface area contributed by atoms with E-state index in [9.17, 15) is 4.79 Å². The lowest BCUT2D eigenvalue weighted by Crippen LogP contribution is -2.52. The van der Waals surface area contributed by atoms with E-state index in [0.29, 0.717) is 40.8 Å². The molecular weight excluding hydrogens is 388 g/mol. The third kappa shape index (κ3) is 3.16. The van der Waals surface area contributed by atoms with E-state index in [0.717, 1.165) is 18.5 Å². The molecule has 11 nitrogen and oxygen atoms in total. The molecule has 11 heteroatoms. The molecule has 2 aliphatic rings. The molecule has 3 aromatic heterocycles. The number of amides is 1. The first kappa shape index (κ1) is 18.6. The quantitative estimate of drug-likeness (QED) is 0.594. The number of imidazole rings is 1. The Bertz CT molecular complexity index is 1110. The molecule has 1 amide bonds. The predicted octanol–water partition coefficient (Wildman–Crippen LogP) is 2.02. The zero-order chi connectivity index (χ0) is 20.7. The molecule has 0 aromatic carbocycles. The molecule has 3 N–H and O–H groups in total. The van der Waals surface area contributed by atoms with E-state index in [1.54, 1.807) is 7.05 Å². The van der Waals surface area contributed by atoms with Crippen molar-refractivity contribution in [3.63, 3.8) is 0 Å². The van der Waals surface area contributed by atoms with Crippen LogP contribution < -0.4 is 20.7 Å². The van der Waals surface area contributed by atoms with E-state index in [4.69, 9.17) is 9.47 Å². The maximum Gasteiger partial charge on any atom is 0.328 e. The second-order valence-corrected chi connectivity index (χ2v) is 7.19. The topological polar surface area (TPSA) is 128 Å². The Morgan fingerprint density at radius 3 is 3.00 bits per heavy atom. The lowest BCUT2D eigenvalue weighted by atomic mass is 9.89. The summed E-state index contributed by atoms with van der Waals surface area (Å²) < 4.78 is 13.0. The number of nitrogens with zero attached hydrogens (tertiary/aromatic N) is 5. The molecule has 0 radical (unpaired) electrons. The third-order valence-electron chi connectivity index (χ3n) is 5.31. The molecule has 30 heavy (non-hydrogen) atoms. The normalized spacial score (nSPS) is 20.5. The average molecular weight is 410 g/mol. The van der Waals surface area contributed by atoms with Crippen LogP contribution in [0, 0.1) is 0 Å². The number of hydrogen-bond acceptors (Lipinski definition) is 9. The van der Waals surface area contributed by atoms with E-state index < -0.39 is 0 Å². The highest BCUT2D eigenvalue weighted by Crippen LogP contribution is 2.31. The Hall–Kier alpha value is -3.47. The Morgan fingerprint density at radius 1 is 1.33 bits per heavy atom. The summed E-state index contributed by atoms with van der Waals surface area (Å²) in [5.41, 5.74) is 3.07. The summed E-state index contributed by atoms with van der Waals surface area (Å²) in [6.45, 7) is 2.62. The molecule has 1 fully saturated rings. The smallest absolute Gasteiger partial charge is 0.328 e. The number of ether oxygens (including phenoxy) is 2. The van der Waals surface area contributed by atoms with Crippen molar-refractivity contribution in [3.05, 3.63) is 24.2 Å². The highest BCUT2D eigenvalue weighted by atomic mass is 16.5. The summed E-state index contributed by atoms with van der Waals surface area (Å²) in [7, 11) is 1.80. The van der Waals surface area contributed by atoms with E-state index in [2.05, 4.69) is 36.1 Å². The minimum Gasteiger partial charge on any atom is -0.475 e. The van der Waals surface area contributed by atoms with Gasteiger partial charge in [-0.25, -0.2) is 19.3 Å². The minimum absolute atomic E-state index is 0.0712. The molecule has 156 valence electrons. The maximum atomic E-state index is 12.9. The van der Waals surface area contributed by atoms with Gasteiger partial charge in [-0.2, -0.15) is 0 Å². The second kappa shape index (κ2) is 7.41. The van der Waals surface area contributed by atoms with Gasteiger partial charge in [0.25, 0.3) is 5.88 Å². The lowest BCUT2D eigenvalue weighted by Gasteiger charge is -2.36. The van der Waals surface area contributed by atoms with Crippen molar-refractivity contribution in [1.29, 1.82) is 0 Å². The molecule has 1 aliphatic carbocycles. The number of anilines is 3. The second-order valence-electron chi connectivity index (χ2n) is 7.19. The fourth-order valence-electron chi connectivity index (χ4n) is 3.61. The van der Waals surface area contributed by atoms with Crippen LogP contribution in [0.5, 0.6) is 5.88 Å². The lowest BCUT2D eigenvalue weighted by molar-refractivity contribution is -0.0337. The number of nitrogens with one attached hydrogen (secondary N) is 3. The van der Waals surface area contributed by atoms with Gasteiger partial charge in [0.2, 0.25) is 0 Å². The summed E-state index contributed by atoms with van der Waals surface area (Å²) in [5, 5.41) is 17.8. The third-order valence-corrected chi connectivity index (χ3v) is 5.31. The molecule has 0 saturated heterocycles. The van der Waals surface area contributed by atoms with Crippen molar-refractivity contribution in [2.45, 2.75) is 38.5 Å². The molecule has 3 aromatic rings. The zero-order valence-electron chi connectivity index (χ0n) is 16.7. The van der Waals surface area contributed by atoms with E-state index in [1.807, 2.05) is 19.1 Å². The standard InChI is InChI=1S/C19H22N8O3/c1-3-29-18-13-6-10(25-26-18)8-30-14-5-4-11(14)23-19(28)27-9-21-16-12(20-2)7-15(22-13)24-17(16)27/h6-7,9,11,14H,3-5,8H2,1-2H3,(H,23,28)(H2,20,22,24)/t11-,14-/m1/s1. The Labute approximate surface area is 172 Å². The number of fused-ring (bicyclic) bond motifs is 4. The molecule has 2 atom stereocenters. The summed E-state index contributed by atoms with van der Waals surface area (Å²) in [4.78, 5) is 21.9. The van der Waals surface area contributed by atoms with Gasteiger partial charge in [0.1, 0.15) is 23.3 Å². The molecule has 0 spiro atoms. The first-order valence-corrected chi connectivity index (χ1v) is 9.91. The fourth-order valence-corrected chi connectivity index (χ4v) is 3.61. The summed E-state index contributed by atoms with van der Waals surface area (Å²) in [5.74, 6) is 0.884. The molecule has 1 aliphatic heterocycles. The van der Waals surface area contributed by atoms with Gasteiger partial charge in [-0.3, -0.25) is 0 Å². The first-order chi connectivity index (χ1) is 14.7. The van der Waals surface area contributed by atoms with E-state index in [1.165, 1.54) is 10.9 Å². The minimum atomic E-state index is -0.284. The van der Waals surface area contributed by atoms with Gasteiger partial charge >= 0.3 is 6.03 Å². The largest absolute Gasteiger partial charge is 0.475 e. The predicted molar refractivity (Wildman–Crippen MR) is 109 cm³/mol. The summed E-state index contributed by atoms with van der Waals surface area (Å²) >= 11 is 0. The number of carbonyl (C=O) groups is 1. The van der Waals surface area contributed by atoms with Gasteiger partial charge in [0, 0.05) is 13.1 Å². The van der Waals surface area contributed by atoms with Crippen molar-refractivity contribution in [2.24, 2.45) is 0 Å². The van der Waals surface area contributed by atoms with Gasteiger partial charge in [0.05, 0.1) is 36.7 Å². The summed E-state index contributed by atoms with van der Waals surface area (Å²) in [6.07, 6.45) is 3.13. The van der Waals surface area contributed by atoms with Crippen LogP contribution in [0.2, 0.25) is 0 Å². The van der Waals surface area contributed by atoms with Gasteiger partial charge in [-0.1, -0.05) is 0 Å². The molecule has 0 unspecified atom stereocenters. The van der Waals surface area contributed by atoms with E-state index >= 15 is 0 Å². The molecule has 5 rings (SSSR count). The molecule has 4 bridgehead atoms. The highest BCUT2D eigenvalue weighted by Gasteiger charge is 2.34. The van der Waals surface area contributed by atoms with Gasteiger partial charge in [-0.05, 0) is 25.8 Å². The van der Waals surface area contributed by atoms with Crippen LogP contribution in [-0.2, 0) is 11.3 Å². The van der Waals surface area contributed by atoms with Gasteiger partial charge in [-0.15, -0.1) is 10.2 Å². The van der Waals surface area contributed by atoms with Gasteiger partial charge < -0.3 is 25.4 Å². The van der Waals surface area contributed by atoms with Crippen molar-refractivity contribution in [3.8, 4) is 5.88 Å². The molecule has 4 heterocycles. The Morgan fingerprint density at radius 2 is 2.23 bits per heavy atom. The number of hydrogen-bond donors (Lipinski definition) is 3. The Balaban J connectivity index is 1.65. The van der Waals surface area contributed by atoms with Crippen LogP contribution in [-0.4, -0.2) is 56.6 Å². The zero-order valence-corrected chi connectivity index (χ0v) is 16.7. The number of carbonyl (C=O) groups excluding carboxylic acids is 1. The first-order valence-electron chi connectivity index (χ1n) is 9.91. The maximum absolute atomic E-state index is 12.9. The van der Waals surface area contributed by atoms with Crippen LogP contribution in [0.4, 0.5) is 22.0 Å². The number of pyridine rings is 1. The van der Waals surface area contributed by atoms with Crippen molar-refractivity contribution in [2.75, 3.05) is 24.3 Å². The van der Waals surface area contributed by atoms with Crippen LogP contribution >= 0.6 is 0 Å². The fraction of sp³-hybridized carbons (Fsp3) is 0.421. The van der Waals surface area contributed by atoms with Crippen LogP contribution in [0.25, 0.3) is 11.2 Å².